The second kappa shape index (κ2) is 13.6. The van der Waals surface area contributed by atoms with Crippen LogP contribution in [0.3, 0.4) is 0 Å². The van der Waals surface area contributed by atoms with Crippen molar-refractivity contribution in [3.8, 4) is 11.8 Å². The van der Waals surface area contributed by atoms with Gasteiger partial charge in [0, 0.05) is 25.9 Å². The smallest absolute Gasteiger partial charge is 0.192 e. The fourth-order valence-electron chi connectivity index (χ4n) is 8.23. The van der Waals surface area contributed by atoms with E-state index in [0.717, 1.165) is 19.3 Å². The van der Waals surface area contributed by atoms with Gasteiger partial charge in [-0.1, -0.05) is 78.7 Å². The predicted molar refractivity (Wildman–Crippen MR) is 203 cm³/mol. The molecule has 0 aromatic rings. The van der Waals surface area contributed by atoms with E-state index in [0.29, 0.717) is 29.5 Å². The molecule has 47 heavy (non-hydrogen) atoms. The van der Waals surface area contributed by atoms with Crippen LogP contribution in [0.4, 0.5) is 0 Å². The summed E-state index contributed by atoms with van der Waals surface area (Å²) in [6.07, 6.45) is 15.4. The molecule has 6 heteroatoms. The molecule has 0 heterocycles. The molecule has 266 valence electrons. The fraction of sp³-hybridized carbons (Fsp3) is 0.805. The molecule has 0 saturated heterocycles. The lowest BCUT2D eigenvalue weighted by atomic mass is 9.61. The number of hydrogen-bond donors (Lipinski definition) is 0. The van der Waals surface area contributed by atoms with Crippen molar-refractivity contribution in [1.82, 2.24) is 0 Å². The summed E-state index contributed by atoms with van der Waals surface area (Å²) in [5, 5.41) is 0.323. The Hall–Kier alpha value is -0.946. The number of hydrogen-bond acceptors (Lipinski definition) is 4. The normalized spacial score (nSPS) is 33.7. The molecule has 4 fully saturated rings. The zero-order chi connectivity index (χ0) is 35.3. The summed E-state index contributed by atoms with van der Waals surface area (Å²) < 4.78 is 25.1. The minimum Gasteiger partial charge on any atom is -0.413 e. The Morgan fingerprint density at radius 1 is 0.936 bits per heavy atom. The lowest BCUT2D eigenvalue weighted by Crippen LogP contribution is -2.49. The van der Waals surface area contributed by atoms with E-state index < -0.39 is 16.6 Å². The fourth-order valence-corrected chi connectivity index (χ4v) is 10.9. The molecule has 4 aliphatic rings. The third kappa shape index (κ3) is 8.18. The predicted octanol–water partition coefficient (Wildman–Crippen LogP) is 11.4. The molecule has 4 saturated carbocycles. The second-order valence-electron chi connectivity index (χ2n) is 19.3. The van der Waals surface area contributed by atoms with Crippen LogP contribution in [-0.2, 0) is 18.3 Å². The van der Waals surface area contributed by atoms with E-state index in [9.17, 15) is 0 Å². The maximum Gasteiger partial charge on any atom is 0.192 e. The molecule has 4 rings (SSSR count). The zero-order valence-corrected chi connectivity index (χ0v) is 34.9. The van der Waals surface area contributed by atoms with Gasteiger partial charge in [0.1, 0.15) is 6.79 Å². The first-order valence-electron chi connectivity index (χ1n) is 18.5. The average molecular weight is 683 g/mol. The molecule has 0 unspecified atom stereocenters. The van der Waals surface area contributed by atoms with Crippen LogP contribution in [0.1, 0.15) is 120 Å². The molecule has 0 aromatic heterocycles. The van der Waals surface area contributed by atoms with Gasteiger partial charge in [0.15, 0.2) is 16.6 Å². The largest absolute Gasteiger partial charge is 0.413 e. The average Bonchev–Trinajstić information content (AvgIpc) is 3.56. The first-order valence-corrected chi connectivity index (χ1v) is 24.4. The van der Waals surface area contributed by atoms with Crippen LogP contribution in [-0.4, -0.2) is 48.3 Å². The lowest BCUT2D eigenvalue weighted by Gasteiger charge is -2.45. The van der Waals surface area contributed by atoms with Crippen molar-refractivity contribution in [2.45, 2.75) is 174 Å². The number of ether oxygens (including phenoxy) is 2. The molecule has 0 bridgehead atoms. The van der Waals surface area contributed by atoms with E-state index in [4.69, 9.17) is 24.9 Å². The molecule has 0 radical (unpaired) electrons. The van der Waals surface area contributed by atoms with E-state index in [1.54, 1.807) is 12.7 Å². The summed E-state index contributed by atoms with van der Waals surface area (Å²) >= 11 is 0. The van der Waals surface area contributed by atoms with Crippen molar-refractivity contribution in [2.75, 3.05) is 13.9 Å². The highest BCUT2D eigenvalue weighted by Gasteiger charge is 2.69. The van der Waals surface area contributed by atoms with Gasteiger partial charge in [-0.05, 0) is 123 Å². The van der Waals surface area contributed by atoms with Crippen LogP contribution in [0.2, 0.25) is 36.3 Å². The Labute approximate surface area is 292 Å². The van der Waals surface area contributed by atoms with Crippen molar-refractivity contribution >= 4 is 16.6 Å². The van der Waals surface area contributed by atoms with Gasteiger partial charge >= 0.3 is 0 Å². The molecule has 4 aliphatic carbocycles. The van der Waals surface area contributed by atoms with Gasteiger partial charge in [0.2, 0.25) is 0 Å². The minimum atomic E-state index is -1.98. The summed E-state index contributed by atoms with van der Waals surface area (Å²) in [6, 6.07) is 0. The lowest BCUT2D eigenvalue weighted by molar-refractivity contribution is -0.111. The van der Waals surface area contributed by atoms with Crippen molar-refractivity contribution in [2.24, 2.45) is 22.7 Å². The van der Waals surface area contributed by atoms with Crippen molar-refractivity contribution < 1.29 is 18.3 Å². The Morgan fingerprint density at radius 2 is 1.57 bits per heavy atom. The van der Waals surface area contributed by atoms with Crippen molar-refractivity contribution in [3.05, 3.63) is 35.5 Å². The van der Waals surface area contributed by atoms with Crippen LogP contribution in [0, 0.1) is 34.5 Å². The van der Waals surface area contributed by atoms with Gasteiger partial charge in [-0.3, -0.25) is 0 Å². The summed E-state index contributed by atoms with van der Waals surface area (Å²) in [4.78, 5) is 0. The highest BCUT2D eigenvalue weighted by Crippen LogP contribution is 2.76. The highest BCUT2D eigenvalue weighted by atomic mass is 28.4. The number of fused-ring (bicyclic) bond motifs is 2. The minimum absolute atomic E-state index is 0.0195. The second-order valence-corrected chi connectivity index (χ2v) is 28.9. The van der Waals surface area contributed by atoms with E-state index in [1.165, 1.54) is 49.7 Å². The Morgan fingerprint density at radius 3 is 2.19 bits per heavy atom. The Bertz CT molecular complexity index is 1280. The summed E-state index contributed by atoms with van der Waals surface area (Å²) in [5.41, 5.74) is 4.60. The number of allylic oxidation sites excluding steroid dienone is 3. The Kier molecular flexibility index (Phi) is 11.3. The number of methoxy groups -OCH3 is 1. The molecule has 6 atom stereocenters. The summed E-state index contributed by atoms with van der Waals surface area (Å²) in [7, 11) is -2.25. The van der Waals surface area contributed by atoms with Crippen LogP contribution >= 0.6 is 0 Å². The molecule has 1 spiro atoms. The van der Waals surface area contributed by atoms with Crippen molar-refractivity contribution in [3.63, 3.8) is 0 Å². The highest BCUT2D eigenvalue weighted by molar-refractivity contribution is 6.74. The van der Waals surface area contributed by atoms with E-state index in [1.807, 2.05) is 0 Å². The molecular formula is C41H70O4Si2. The van der Waals surface area contributed by atoms with Crippen LogP contribution < -0.4 is 0 Å². The molecule has 0 amide bonds. The molecule has 4 nitrogen and oxygen atoms in total. The SMILES string of the molecule is C=C1/C(=C\C=C2/CCC[C@@]3(C)[C@H]2CC[C@@]32C[C@H]2C#CCC(C)(C)OCOC)C[C@@H](O[Si](C)(C)C(C)(C)C)C[C@@H]1O[Si](C)(C)C(C)(C)C. The first-order chi connectivity index (χ1) is 21.5. The van der Waals surface area contributed by atoms with Crippen molar-refractivity contribution in [1.29, 1.82) is 0 Å². The van der Waals surface area contributed by atoms with E-state index >= 15 is 0 Å². The van der Waals surface area contributed by atoms with Crippen LogP contribution in [0.25, 0.3) is 0 Å². The van der Waals surface area contributed by atoms with Gasteiger partial charge in [0.25, 0.3) is 0 Å². The number of rotatable bonds is 9. The van der Waals surface area contributed by atoms with Crippen LogP contribution in [0.5, 0.6) is 0 Å². The van der Waals surface area contributed by atoms with Gasteiger partial charge < -0.3 is 18.3 Å². The quantitative estimate of drug-likeness (QED) is 0.138. The third-order valence-corrected chi connectivity index (χ3v) is 22.6. The summed E-state index contributed by atoms with van der Waals surface area (Å²) in [5.74, 6) is 8.41. The molecule has 0 aliphatic heterocycles. The van der Waals surface area contributed by atoms with E-state index in [2.05, 4.69) is 112 Å². The monoisotopic (exact) mass is 682 g/mol. The summed E-state index contributed by atoms with van der Waals surface area (Å²) in [6.45, 7) is 35.3. The zero-order valence-electron chi connectivity index (χ0n) is 32.9. The molecule has 0 aromatic carbocycles. The molecule has 0 N–H and O–H groups in total. The third-order valence-electron chi connectivity index (χ3n) is 13.6. The van der Waals surface area contributed by atoms with Gasteiger partial charge in [-0.2, -0.15) is 0 Å². The Balaban J connectivity index is 1.56. The standard InChI is InChI=1S/C41H70O4Si2/c1-30-32(26-34(44-46(12,13)37(2,3)4)27-36(30)45-47(14,15)38(5,6)7)21-20-31-18-16-24-40(10)35(31)22-25-41(40)28-33(41)19-17-23-39(8,9)43-29-42-11/h20-21,33-36H,1,16,18,22-29H2,2-15H3/b31-20+,32-21-/t33-,34-,35+,36+,40+,41+/m1/s1. The maximum atomic E-state index is 7.10. The topological polar surface area (TPSA) is 36.9 Å². The van der Waals surface area contributed by atoms with Crippen LogP contribution in [0.15, 0.2) is 35.5 Å². The first kappa shape index (κ1) is 38.8. The van der Waals surface area contributed by atoms with Gasteiger partial charge in [0.05, 0.1) is 17.8 Å². The van der Waals surface area contributed by atoms with E-state index in [-0.39, 0.29) is 27.9 Å². The van der Waals surface area contributed by atoms with Gasteiger partial charge in [-0.15, -0.1) is 5.92 Å². The van der Waals surface area contributed by atoms with Gasteiger partial charge in [-0.25, -0.2) is 0 Å². The maximum absolute atomic E-state index is 7.10. The molecular weight excluding hydrogens is 613 g/mol.